The number of piperidine rings is 1. The van der Waals surface area contributed by atoms with E-state index in [1.165, 1.54) is 12.8 Å². The van der Waals surface area contributed by atoms with Crippen molar-refractivity contribution >= 4 is 5.91 Å². The van der Waals surface area contributed by atoms with Crippen molar-refractivity contribution in [2.24, 2.45) is 11.8 Å². The normalized spacial score (nSPS) is 19.0. The van der Waals surface area contributed by atoms with E-state index in [1.54, 1.807) is 13.2 Å². The number of rotatable bonds is 7. The number of nitrogens with one attached hydrogen (secondary N) is 1. The summed E-state index contributed by atoms with van der Waals surface area (Å²) < 4.78 is 11.2. The smallest absolute Gasteiger partial charge is 0.251 e. The lowest BCUT2D eigenvalue weighted by Gasteiger charge is -2.40. The zero-order valence-corrected chi connectivity index (χ0v) is 17.2. The molecule has 0 spiro atoms. The monoisotopic (exact) mass is 374 g/mol. The van der Waals surface area contributed by atoms with Gasteiger partial charge in [-0.2, -0.15) is 0 Å². The molecule has 1 heterocycles. The summed E-state index contributed by atoms with van der Waals surface area (Å²) in [6.07, 6.45) is 4.74. The fourth-order valence-electron chi connectivity index (χ4n) is 3.55. The Bertz CT molecular complexity index is 641. The molecular formula is C22H34N2O3. The highest BCUT2D eigenvalue weighted by molar-refractivity contribution is 5.95. The molecule has 1 aromatic carbocycles. The molecule has 1 saturated heterocycles. The molecule has 5 heteroatoms. The molecule has 1 aliphatic heterocycles. The number of ether oxygens (including phenoxy) is 2. The zero-order valence-electron chi connectivity index (χ0n) is 17.2. The van der Waals surface area contributed by atoms with Crippen molar-refractivity contribution in [3.05, 3.63) is 23.8 Å². The average Bonchev–Trinajstić information content (AvgIpc) is 3.48. The van der Waals surface area contributed by atoms with E-state index < -0.39 is 0 Å². The van der Waals surface area contributed by atoms with Crippen LogP contribution >= 0.6 is 0 Å². The molecule has 5 nitrogen and oxygen atoms in total. The Kier molecular flexibility index (Phi) is 6.30. The van der Waals surface area contributed by atoms with E-state index in [0.29, 0.717) is 28.9 Å². The standard InChI is InChI=1S/C22H34N2O3/c1-22(2,3)24-9-7-16(8-10-24)14-23-21(25)18-11-19(26-4)13-20(12-18)27-15-17-5-6-17/h11-13,16-17H,5-10,14-15H2,1-4H3,(H,23,25). The highest BCUT2D eigenvalue weighted by Gasteiger charge is 2.27. The highest BCUT2D eigenvalue weighted by atomic mass is 16.5. The molecule has 0 atom stereocenters. The Morgan fingerprint density at radius 1 is 1.07 bits per heavy atom. The van der Waals surface area contributed by atoms with Crippen molar-refractivity contribution in [1.29, 1.82) is 0 Å². The van der Waals surface area contributed by atoms with E-state index in [0.717, 1.165) is 39.1 Å². The molecule has 0 bridgehead atoms. The molecule has 1 N–H and O–H groups in total. The van der Waals surface area contributed by atoms with Gasteiger partial charge in [0.15, 0.2) is 0 Å². The van der Waals surface area contributed by atoms with E-state index in [1.807, 2.05) is 12.1 Å². The van der Waals surface area contributed by atoms with Gasteiger partial charge < -0.3 is 14.8 Å². The van der Waals surface area contributed by atoms with Crippen LogP contribution in [0, 0.1) is 11.8 Å². The number of methoxy groups -OCH3 is 1. The lowest BCUT2D eigenvalue weighted by atomic mass is 9.93. The van der Waals surface area contributed by atoms with Crippen molar-refractivity contribution < 1.29 is 14.3 Å². The number of carbonyl (C=O) groups excluding carboxylic acids is 1. The maximum atomic E-state index is 12.6. The first-order valence-corrected chi connectivity index (χ1v) is 10.2. The van der Waals surface area contributed by atoms with Gasteiger partial charge in [-0.25, -0.2) is 0 Å². The second kappa shape index (κ2) is 8.51. The third-order valence-electron chi connectivity index (χ3n) is 5.68. The van der Waals surface area contributed by atoms with Gasteiger partial charge in [0.05, 0.1) is 13.7 Å². The summed E-state index contributed by atoms with van der Waals surface area (Å²) in [5.41, 5.74) is 0.832. The molecule has 0 radical (unpaired) electrons. The number of nitrogens with zero attached hydrogens (tertiary/aromatic N) is 1. The molecule has 1 aliphatic carbocycles. The number of amides is 1. The summed E-state index contributed by atoms with van der Waals surface area (Å²) in [6, 6.07) is 5.45. The van der Waals surface area contributed by atoms with Crippen molar-refractivity contribution in [3.8, 4) is 11.5 Å². The molecular weight excluding hydrogens is 340 g/mol. The van der Waals surface area contributed by atoms with E-state index in [2.05, 4.69) is 31.0 Å². The minimum Gasteiger partial charge on any atom is -0.497 e. The summed E-state index contributed by atoms with van der Waals surface area (Å²) >= 11 is 0. The summed E-state index contributed by atoms with van der Waals surface area (Å²) in [5.74, 6) is 2.54. The first-order valence-electron chi connectivity index (χ1n) is 10.2. The van der Waals surface area contributed by atoms with Crippen LogP contribution in [0.15, 0.2) is 18.2 Å². The number of carbonyl (C=O) groups is 1. The summed E-state index contributed by atoms with van der Waals surface area (Å²) in [5, 5.41) is 3.11. The van der Waals surface area contributed by atoms with Gasteiger partial charge >= 0.3 is 0 Å². The van der Waals surface area contributed by atoms with Gasteiger partial charge in [-0.1, -0.05) is 0 Å². The fraction of sp³-hybridized carbons (Fsp3) is 0.682. The second-order valence-corrected chi connectivity index (χ2v) is 8.96. The topological polar surface area (TPSA) is 50.8 Å². The lowest BCUT2D eigenvalue weighted by Crippen LogP contribution is -2.47. The molecule has 0 aromatic heterocycles. The van der Waals surface area contributed by atoms with Crippen molar-refractivity contribution in [2.75, 3.05) is 33.4 Å². The van der Waals surface area contributed by atoms with E-state index in [4.69, 9.17) is 9.47 Å². The molecule has 0 unspecified atom stereocenters. The molecule has 2 aliphatic rings. The summed E-state index contributed by atoms with van der Waals surface area (Å²) in [4.78, 5) is 15.2. The van der Waals surface area contributed by atoms with Crippen LogP contribution in [0.4, 0.5) is 0 Å². The maximum absolute atomic E-state index is 12.6. The molecule has 27 heavy (non-hydrogen) atoms. The number of hydrogen-bond donors (Lipinski definition) is 1. The highest BCUT2D eigenvalue weighted by Crippen LogP contribution is 2.31. The first kappa shape index (κ1) is 20.0. The summed E-state index contributed by atoms with van der Waals surface area (Å²) in [7, 11) is 1.62. The maximum Gasteiger partial charge on any atom is 0.251 e. The van der Waals surface area contributed by atoms with Crippen LogP contribution in [-0.4, -0.2) is 49.7 Å². The Morgan fingerprint density at radius 3 is 2.33 bits per heavy atom. The average molecular weight is 375 g/mol. The fourth-order valence-corrected chi connectivity index (χ4v) is 3.55. The van der Waals surface area contributed by atoms with Crippen molar-refractivity contribution in [3.63, 3.8) is 0 Å². The van der Waals surface area contributed by atoms with Gasteiger partial charge in [0.25, 0.3) is 5.91 Å². The van der Waals surface area contributed by atoms with E-state index in [9.17, 15) is 4.79 Å². The number of benzene rings is 1. The van der Waals surface area contributed by atoms with Crippen molar-refractivity contribution in [2.45, 2.75) is 52.0 Å². The van der Waals surface area contributed by atoms with Gasteiger partial charge in [-0.3, -0.25) is 9.69 Å². The van der Waals surface area contributed by atoms with Gasteiger partial charge in [-0.05, 0) is 83.5 Å². The Balaban J connectivity index is 1.52. The van der Waals surface area contributed by atoms with Crippen LogP contribution in [0.3, 0.4) is 0 Å². The van der Waals surface area contributed by atoms with Crippen LogP contribution in [0.2, 0.25) is 0 Å². The second-order valence-electron chi connectivity index (χ2n) is 8.96. The molecule has 1 aromatic rings. The SMILES string of the molecule is COc1cc(OCC2CC2)cc(C(=O)NCC2CCN(C(C)(C)C)CC2)c1. The van der Waals surface area contributed by atoms with Crippen LogP contribution in [-0.2, 0) is 0 Å². The third-order valence-corrected chi connectivity index (χ3v) is 5.68. The van der Waals surface area contributed by atoms with E-state index in [-0.39, 0.29) is 11.4 Å². The van der Waals surface area contributed by atoms with E-state index >= 15 is 0 Å². The Morgan fingerprint density at radius 2 is 1.74 bits per heavy atom. The Hall–Kier alpha value is -1.75. The van der Waals surface area contributed by atoms with Crippen LogP contribution in [0.25, 0.3) is 0 Å². The van der Waals surface area contributed by atoms with Gasteiger partial charge in [0, 0.05) is 23.7 Å². The predicted molar refractivity (Wildman–Crippen MR) is 108 cm³/mol. The quantitative estimate of drug-likeness (QED) is 0.790. The number of likely N-dealkylation sites (tertiary alicyclic amines) is 1. The van der Waals surface area contributed by atoms with Gasteiger partial charge in [0.1, 0.15) is 11.5 Å². The molecule has 3 rings (SSSR count). The first-order chi connectivity index (χ1) is 12.8. The number of hydrogen-bond acceptors (Lipinski definition) is 4. The summed E-state index contributed by atoms with van der Waals surface area (Å²) in [6.45, 7) is 10.4. The minimum atomic E-state index is -0.0524. The van der Waals surface area contributed by atoms with Crippen LogP contribution in [0.1, 0.15) is 56.8 Å². The van der Waals surface area contributed by atoms with Crippen LogP contribution in [0.5, 0.6) is 11.5 Å². The molecule has 2 fully saturated rings. The zero-order chi connectivity index (χ0) is 19.4. The largest absolute Gasteiger partial charge is 0.497 e. The predicted octanol–water partition coefficient (Wildman–Crippen LogP) is 3.72. The molecule has 1 amide bonds. The van der Waals surface area contributed by atoms with Gasteiger partial charge in [-0.15, -0.1) is 0 Å². The third kappa shape index (κ3) is 5.86. The molecule has 1 saturated carbocycles. The van der Waals surface area contributed by atoms with Gasteiger partial charge in [0.2, 0.25) is 0 Å². The minimum absolute atomic E-state index is 0.0524. The van der Waals surface area contributed by atoms with Crippen molar-refractivity contribution in [1.82, 2.24) is 10.2 Å². The lowest BCUT2D eigenvalue weighted by molar-refractivity contribution is 0.0817. The molecule has 150 valence electrons. The Labute approximate surface area is 163 Å². The van der Waals surface area contributed by atoms with Crippen LogP contribution < -0.4 is 14.8 Å².